The molecule has 7 nitrogen and oxygen atoms in total. The van der Waals surface area contributed by atoms with Crippen LogP contribution >= 0.6 is 0 Å². The van der Waals surface area contributed by atoms with Gasteiger partial charge in [-0.25, -0.2) is 4.79 Å². The molecule has 0 radical (unpaired) electrons. The number of benzene rings is 1. The third-order valence-corrected chi connectivity index (χ3v) is 2.27. The lowest BCUT2D eigenvalue weighted by molar-refractivity contribution is -0.385. The number of rotatable bonds is 5. The second-order valence-corrected chi connectivity index (χ2v) is 3.55. The van der Waals surface area contributed by atoms with Gasteiger partial charge in [-0.3, -0.25) is 10.1 Å². The van der Waals surface area contributed by atoms with Crippen LogP contribution in [0.1, 0.15) is 17.2 Å². The highest BCUT2D eigenvalue weighted by atomic mass is 19.3. The molecule has 0 spiro atoms. The van der Waals surface area contributed by atoms with E-state index in [1.807, 2.05) is 0 Å². The Morgan fingerprint density at radius 1 is 1.47 bits per heavy atom. The van der Waals surface area contributed by atoms with Crippen LogP contribution in [-0.4, -0.2) is 27.7 Å². The first-order valence-corrected chi connectivity index (χ1v) is 4.88. The van der Waals surface area contributed by atoms with Crippen molar-refractivity contribution in [1.82, 2.24) is 0 Å². The van der Waals surface area contributed by atoms with Crippen LogP contribution in [0.4, 0.5) is 14.5 Å². The fourth-order valence-electron chi connectivity index (χ4n) is 1.43. The average molecular weight is 277 g/mol. The number of nitrogens with zero attached hydrogens (tertiary/aromatic N) is 1. The molecule has 1 rings (SSSR count). The van der Waals surface area contributed by atoms with Crippen LogP contribution in [0.2, 0.25) is 0 Å². The molecule has 9 heteroatoms. The van der Waals surface area contributed by atoms with Crippen molar-refractivity contribution in [2.24, 2.45) is 0 Å². The fourth-order valence-corrected chi connectivity index (χ4v) is 1.43. The van der Waals surface area contributed by atoms with Crippen molar-refractivity contribution < 1.29 is 33.4 Å². The molecule has 1 aromatic carbocycles. The summed E-state index contributed by atoms with van der Waals surface area (Å²) in [6.07, 6.45) is -2.20. The topological polar surface area (TPSA) is 110 Å². The van der Waals surface area contributed by atoms with E-state index < -0.39 is 40.6 Å². The number of carboxylic acid groups (broad SMARTS) is 1. The number of ether oxygens (including phenoxy) is 1. The lowest BCUT2D eigenvalue weighted by atomic mass is 10.0. The molecule has 0 aliphatic carbocycles. The number of alkyl halides is 2. The van der Waals surface area contributed by atoms with Gasteiger partial charge < -0.3 is 14.9 Å². The quantitative estimate of drug-likeness (QED) is 0.625. The highest BCUT2D eigenvalue weighted by Crippen LogP contribution is 2.33. The number of hydrogen-bond acceptors (Lipinski definition) is 5. The van der Waals surface area contributed by atoms with Crippen molar-refractivity contribution in [3.63, 3.8) is 0 Å². The molecular formula is C10H9F2NO6. The van der Waals surface area contributed by atoms with E-state index in [9.17, 15) is 28.8 Å². The van der Waals surface area contributed by atoms with Crippen molar-refractivity contribution in [2.75, 3.05) is 0 Å². The minimum Gasteiger partial charge on any atom is -0.479 e. The maximum atomic E-state index is 12.2. The van der Waals surface area contributed by atoms with Crippen LogP contribution in [0, 0.1) is 17.0 Å². The summed E-state index contributed by atoms with van der Waals surface area (Å²) in [4.78, 5) is 20.5. The molecular weight excluding hydrogens is 268 g/mol. The average Bonchev–Trinajstić information content (AvgIpc) is 2.26. The Morgan fingerprint density at radius 3 is 2.47 bits per heavy atom. The third kappa shape index (κ3) is 3.35. The summed E-state index contributed by atoms with van der Waals surface area (Å²) in [7, 11) is 0. The number of hydrogen-bond donors (Lipinski definition) is 2. The minimum absolute atomic E-state index is 0.00184. The standard InChI is InChI=1S/C10H9F2NO6/c1-4-2-7(19-10(11)12)5(8(14)9(15)16)3-6(4)13(17)18/h2-3,8,10,14H,1H3,(H,15,16). The summed E-state index contributed by atoms with van der Waals surface area (Å²) in [5, 5.41) is 28.7. The van der Waals surface area contributed by atoms with E-state index in [0.717, 1.165) is 6.07 Å². The van der Waals surface area contributed by atoms with E-state index in [2.05, 4.69) is 4.74 Å². The van der Waals surface area contributed by atoms with Crippen molar-refractivity contribution in [2.45, 2.75) is 19.6 Å². The van der Waals surface area contributed by atoms with E-state index in [0.29, 0.717) is 6.07 Å². The van der Waals surface area contributed by atoms with Gasteiger partial charge in [-0.15, -0.1) is 0 Å². The van der Waals surface area contributed by atoms with E-state index in [4.69, 9.17) is 5.11 Å². The van der Waals surface area contributed by atoms with E-state index in [1.54, 1.807) is 0 Å². The van der Waals surface area contributed by atoms with Crippen molar-refractivity contribution in [3.8, 4) is 5.75 Å². The second-order valence-electron chi connectivity index (χ2n) is 3.55. The molecule has 0 fully saturated rings. The number of carbonyl (C=O) groups is 1. The summed E-state index contributed by atoms with van der Waals surface area (Å²) in [5.41, 5.74) is -1.11. The molecule has 0 aliphatic heterocycles. The Balaban J connectivity index is 3.40. The van der Waals surface area contributed by atoms with Crippen LogP contribution in [0.15, 0.2) is 12.1 Å². The number of aliphatic hydroxyl groups excluding tert-OH is 1. The van der Waals surface area contributed by atoms with Crippen molar-refractivity contribution in [3.05, 3.63) is 33.4 Å². The Hall–Kier alpha value is -2.29. The number of aliphatic hydroxyl groups is 1. The fraction of sp³-hybridized carbons (Fsp3) is 0.300. The largest absolute Gasteiger partial charge is 0.479 e. The van der Waals surface area contributed by atoms with E-state index in [-0.39, 0.29) is 5.56 Å². The first kappa shape index (κ1) is 14.8. The van der Waals surface area contributed by atoms with Gasteiger partial charge in [0.1, 0.15) is 5.75 Å². The van der Waals surface area contributed by atoms with Gasteiger partial charge >= 0.3 is 12.6 Å². The molecule has 0 bridgehead atoms. The first-order valence-electron chi connectivity index (χ1n) is 4.88. The number of aliphatic carboxylic acids is 1. The van der Waals surface area contributed by atoms with Crippen LogP contribution in [0.3, 0.4) is 0 Å². The Bertz CT molecular complexity index is 519. The smallest absolute Gasteiger partial charge is 0.387 e. The SMILES string of the molecule is Cc1cc(OC(F)F)c(C(O)C(=O)O)cc1[N+](=O)[O-]. The van der Waals surface area contributed by atoms with Gasteiger partial charge in [-0.05, 0) is 13.0 Å². The number of nitro groups is 1. The zero-order chi connectivity index (χ0) is 14.7. The molecule has 1 unspecified atom stereocenters. The van der Waals surface area contributed by atoms with Gasteiger partial charge in [0.05, 0.1) is 4.92 Å². The highest BCUT2D eigenvalue weighted by Gasteiger charge is 2.26. The summed E-state index contributed by atoms with van der Waals surface area (Å²) in [6.45, 7) is -1.98. The van der Waals surface area contributed by atoms with Crippen molar-refractivity contribution in [1.29, 1.82) is 0 Å². The molecule has 2 N–H and O–H groups in total. The molecule has 0 amide bonds. The molecule has 19 heavy (non-hydrogen) atoms. The number of halogens is 2. The third-order valence-electron chi connectivity index (χ3n) is 2.27. The second kappa shape index (κ2) is 5.57. The lowest BCUT2D eigenvalue weighted by Gasteiger charge is -2.14. The maximum absolute atomic E-state index is 12.2. The number of aryl methyl sites for hydroxylation is 1. The molecule has 1 atom stereocenters. The predicted molar refractivity (Wildman–Crippen MR) is 57.1 cm³/mol. The summed E-state index contributed by atoms with van der Waals surface area (Å²) in [6, 6.07) is 1.58. The Kier molecular flexibility index (Phi) is 4.33. The van der Waals surface area contributed by atoms with Gasteiger partial charge in [-0.1, -0.05) is 0 Å². The van der Waals surface area contributed by atoms with E-state index >= 15 is 0 Å². The first-order chi connectivity index (χ1) is 8.73. The number of nitro benzene ring substituents is 1. The molecule has 0 aliphatic rings. The molecule has 0 aromatic heterocycles. The zero-order valence-electron chi connectivity index (χ0n) is 9.54. The van der Waals surface area contributed by atoms with Gasteiger partial charge in [0.25, 0.3) is 5.69 Å². The lowest BCUT2D eigenvalue weighted by Crippen LogP contribution is -2.14. The predicted octanol–water partition coefficient (Wildman–Crippen LogP) is 1.62. The van der Waals surface area contributed by atoms with Crippen LogP contribution in [0.5, 0.6) is 5.75 Å². The Morgan fingerprint density at radius 2 is 2.05 bits per heavy atom. The summed E-state index contributed by atoms with van der Waals surface area (Å²) < 4.78 is 28.4. The van der Waals surface area contributed by atoms with Crippen LogP contribution in [-0.2, 0) is 4.79 Å². The molecule has 104 valence electrons. The summed E-state index contributed by atoms with van der Waals surface area (Å²) >= 11 is 0. The normalized spacial score (nSPS) is 12.3. The van der Waals surface area contributed by atoms with Crippen molar-refractivity contribution >= 4 is 11.7 Å². The number of carboxylic acids is 1. The van der Waals surface area contributed by atoms with Gasteiger partial charge in [-0.2, -0.15) is 8.78 Å². The molecule has 0 saturated heterocycles. The molecule has 1 aromatic rings. The maximum Gasteiger partial charge on any atom is 0.387 e. The van der Waals surface area contributed by atoms with Crippen LogP contribution in [0.25, 0.3) is 0 Å². The molecule has 0 saturated carbocycles. The monoisotopic (exact) mass is 277 g/mol. The highest BCUT2D eigenvalue weighted by molar-refractivity contribution is 5.76. The zero-order valence-corrected chi connectivity index (χ0v) is 9.54. The molecule has 0 heterocycles. The van der Waals surface area contributed by atoms with Crippen LogP contribution < -0.4 is 4.74 Å². The van der Waals surface area contributed by atoms with Gasteiger partial charge in [0.15, 0.2) is 6.10 Å². The summed E-state index contributed by atoms with van der Waals surface area (Å²) in [5.74, 6) is -2.36. The van der Waals surface area contributed by atoms with Gasteiger partial charge in [0, 0.05) is 17.2 Å². The van der Waals surface area contributed by atoms with E-state index in [1.165, 1.54) is 6.92 Å². The van der Waals surface area contributed by atoms with Gasteiger partial charge in [0.2, 0.25) is 0 Å². The minimum atomic E-state index is -3.25. The Labute approximate surface area is 105 Å².